The van der Waals surface area contributed by atoms with Crippen molar-refractivity contribution in [1.29, 1.82) is 0 Å². The molecule has 1 heterocycles. The maximum absolute atomic E-state index is 12.8. The van der Waals surface area contributed by atoms with Crippen molar-refractivity contribution >= 4 is 5.97 Å². The fraction of sp³-hybridized carbons (Fsp3) is 0.720. The van der Waals surface area contributed by atoms with E-state index in [1.54, 1.807) is 0 Å². The fourth-order valence-electron chi connectivity index (χ4n) is 7.46. The number of benzene rings is 1. The first-order valence-corrected chi connectivity index (χ1v) is 11.4. The van der Waals surface area contributed by atoms with Crippen molar-refractivity contribution in [3.8, 4) is 0 Å². The molecule has 3 fully saturated rings. The van der Waals surface area contributed by atoms with Gasteiger partial charge in [0.2, 0.25) is 0 Å². The van der Waals surface area contributed by atoms with Crippen molar-refractivity contribution in [3.05, 3.63) is 39.8 Å². The first kappa shape index (κ1) is 19.3. The Bertz CT molecular complexity index is 862. The molecule has 1 spiro atoms. The first-order chi connectivity index (χ1) is 13.8. The second-order valence-electron chi connectivity index (χ2n) is 11.0. The minimum Gasteiger partial charge on any atom is -0.458 e. The lowest BCUT2D eigenvalue weighted by atomic mass is 9.52. The van der Waals surface area contributed by atoms with Crippen molar-refractivity contribution in [1.82, 2.24) is 0 Å². The van der Waals surface area contributed by atoms with E-state index in [1.807, 2.05) is 13.8 Å². The average molecular weight is 396 g/mol. The molecule has 5 unspecified atom stereocenters. The Balaban J connectivity index is 1.44. The zero-order chi connectivity index (χ0) is 20.4. The number of esters is 1. The summed E-state index contributed by atoms with van der Waals surface area (Å²) in [5.41, 5.74) is 3.49. The van der Waals surface area contributed by atoms with Crippen molar-refractivity contribution < 1.29 is 9.53 Å². The van der Waals surface area contributed by atoms with Gasteiger partial charge < -0.3 is 4.74 Å². The van der Waals surface area contributed by atoms with Gasteiger partial charge in [-0.25, -0.2) is 0 Å². The summed E-state index contributed by atoms with van der Waals surface area (Å²) in [6.07, 6.45) is 8.82. The van der Waals surface area contributed by atoms with Crippen LogP contribution in [-0.2, 0) is 22.5 Å². The van der Waals surface area contributed by atoms with Gasteiger partial charge in [-0.3, -0.25) is 4.79 Å². The lowest BCUT2D eigenvalue weighted by Crippen LogP contribution is -2.56. The van der Waals surface area contributed by atoms with E-state index >= 15 is 0 Å². The summed E-state index contributed by atoms with van der Waals surface area (Å²) in [6, 6.07) is 6.57. The molecule has 4 heteroatoms. The van der Waals surface area contributed by atoms with Crippen LogP contribution in [0.15, 0.2) is 23.4 Å². The second-order valence-corrected chi connectivity index (χ2v) is 11.0. The Morgan fingerprint density at radius 3 is 2.66 bits per heavy atom. The Hall–Kier alpha value is -1.71. The van der Waals surface area contributed by atoms with Gasteiger partial charge >= 0.3 is 5.97 Å². The number of rotatable bonds is 2. The third kappa shape index (κ3) is 2.67. The Kier molecular flexibility index (Phi) is 4.25. The molecule has 3 aliphatic carbocycles. The topological polar surface area (TPSA) is 55.7 Å². The van der Waals surface area contributed by atoms with Crippen LogP contribution in [0, 0.1) is 27.6 Å². The smallest absolute Gasteiger partial charge is 0.312 e. The number of carbonyl (C=O) groups is 1. The van der Waals surface area contributed by atoms with Gasteiger partial charge in [0.25, 0.3) is 0 Å². The summed E-state index contributed by atoms with van der Waals surface area (Å²) in [7, 11) is 0. The van der Waals surface area contributed by atoms with Crippen LogP contribution in [0.1, 0.15) is 88.3 Å². The van der Waals surface area contributed by atoms with E-state index in [0.717, 1.165) is 37.7 Å². The molecule has 5 atom stereocenters. The molecule has 1 aromatic carbocycles. The lowest BCUT2D eigenvalue weighted by Gasteiger charge is -2.56. The number of hydrogen-bond donors (Lipinski definition) is 0. The molecule has 5 rings (SSSR count). The minimum atomic E-state index is -0.339. The van der Waals surface area contributed by atoms with E-state index in [-0.39, 0.29) is 28.9 Å². The van der Waals surface area contributed by atoms with Gasteiger partial charge in [-0.2, -0.15) is 4.91 Å². The number of nitrogens with zero attached hydrogens (tertiary/aromatic N) is 1. The SMILES string of the molecule is CC1(C)CCC2(CCC3C4CCc5cc(CN=O)ccc5C4CCC32C)OC1=O. The van der Waals surface area contributed by atoms with Crippen LogP contribution in [-0.4, -0.2) is 11.6 Å². The van der Waals surface area contributed by atoms with Crippen molar-refractivity contribution in [2.45, 2.75) is 90.2 Å². The highest BCUT2D eigenvalue weighted by Gasteiger charge is 2.65. The number of carbonyl (C=O) groups excluding carboxylic acids is 1. The van der Waals surface area contributed by atoms with Crippen LogP contribution in [0.3, 0.4) is 0 Å². The van der Waals surface area contributed by atoms with Gasteiger partial charge in [-0.05, 0) is 99.7 Å². The summed E-state index contributed by atoms with van der Waals surface area (Å²) in [5, 5.41) is 3.06. The summed E-state index contributed by atoms with van der Waals surface area (Å²) in [5.74, 6) is 1.95. The molecule has 1 saturated heterocycles. The van der Waals surface area contributed by atoms with Crippen molar-refractivity contribution in [2.24, 2.45) is 27.8 Å². The summed E-state index contributed by atoms with van der Waals surface area (Å²) in [6.45, 7) is 6.76. The van der Waals surface area contributed by atoms with Gasteiger partial charge in [0.05, 0.1) is 5.41 Å². The predicted molar refractivity (Wildman–Crippen MR) is 112 cm³/mol. The number of hydrogen-bond acceptors (Lipinski definition) is 4. The van der Waals surface area contributed by atoms with Crippen LogP contribution in [0.2, 0.25) is 0 Å². The zero-order valence-corrected chi connectivity index (χ0v) is 18.0. The normalized spacial score (nSPS) is 40.0. The molecule has 4 nitrogen and oxygen atoms in total. The van der Waals surface area contributed by atoms with Crippen LogP contribution < -0.4 is 0 Å². The van der Waals surface area contributed by atoms with Gasteiger partial charge in [0, 0.05) is 5.41 Å². The summed E-state index contributed by atoms with van der Waals surface area (Å²) >= 11 is 0. The molecule has 4 aliphatic rings. The molecule has 1 aliphatic heterocycles. The summed E-state index contributed by atoms with van der Waals surface area (Å²) in [4.78, 5) is 23.4. The molecule has 0 radical (unpaired) electrons. The molecular formula is C25H33NO3. The Labute approximate surface area is 173 Å². The van der Waals surface area contributed by atoms with E-state index in [0.29, 0.717) is 17.8 Å². The molecule has 0 amide bonds. The molecule has 0 N–H and O–H groups in total. The number of aryl methyl sites for hydroxylation is 1. The maximum Gasteiger partial charge on any atom is 0.312 e. The van der Waals surface area contributed by atoms with Gasteiger partial charge in [-0.1, -0.05) is 30.3 Å². The molecule has 0 aromatic heterocycles. The predicted octanol–water partition coefficient (Wildman–Crippen LogP) is 5.91. The van der Waals surface area contributed by atoms with Crippen LogP contribution in [0.25, 0.3) is 0 Å². The number of fused-ring (bicyclic) bond motifs is 6. The van der Waals surface area contributed by atoms with E-state index in [4.69, 9.17) is 4.74 Å². The highest BCUT2D eigenvalue weighted by atomic mass is 16.6. The molecule has 2 saturated carbocycles. The van der Waals surface area contributed by atoms with Gasteiger partial charge in [0.15, 0.2) is 0 Å². The standard InChI is InChI=1S/C25H33NO3/c1-23(2)12-13-25(29-22(23)27)11-9-21-20-7-5-17-14-16(15-26-28)4-6-18(17)19(20)8-10-24(21,25)3/h4,6,14,19-21H,5,7-13,15H2,1-3H3. The summed E-state index contributed by atoms with van der Waals surface area (Å²) < 4.78 is 6.34. The van der Waals surface area contributed by atoms with Crippen LogP contribution in [0.5, 0.6) is 0 Å². The van der Waals surface area contributed by atoms with Crippen molar-refractivity contribution in [3.63, 3.8) is 0 Å². The van der Waals surface area contributed by atoms with Gasteiger partial charge in [0.1, 0.15) is 12.1 Å². The first-order valence-electron chi connectivity index (χ1n) is 11.4. The zero-order valence-electron chi connectivity index (χ0n) is 18.0. The van der Waals surface area contributed by atoms with Gasteiger partial charge in [-0.15, -0.1) is 0 Å². The monoisotopic (exact) mass is 395 g/mol. The van der Waals surface area contributed by atoms with Crippen LogP contribution in [0.4, 0.5) is 0 Å². The third-order valence-electron chi connectivity index (χ3n) is 9.32. The fourth-order valence-corrected chi connectivity index (χ4v) is 7.46. The third-order valence-corrected chi connectivity index (χ3v) is 9.32. The average Bonchev–Trinajstić information content (AvgIpc) is 2.98. The maximum atomic E-state index is 12.8. The van der Waals surface area contributed by atoms with E-state index in [9.17, 15) is 9.70 Å². The van der Waals surface area contributed by atoms with E-state index in [1.165, 1.54) is 30.4 Å². The van der Waals surface area contributed by atoms with E-state index in [2.05, 4.69) is 30.3 Å². The molecule has 0 bridgehead atoms. The molecule has 29 heavy (non-hydrogen) atoms. The molecule has 156 valence electrons. The second kappa shape index (κ2) is 6.39. The highest BCUT2D eigenvalue weighted by molar-refractivity contribution is 5.77. The lowest BCUT2D eigenvalue weighted by molar-refractivity contribution is -0.206. The number of ether oxygens (including phenoxy) is 1. The molecule has 1 aromatic rings. The quantitative estimate of drug-likeness (QED) is 0.462. The molecular weight excluding hydrogens is 362 g/mol. The van der Waals surface area contributed by atoms with Crippen LogP contribution >= 0.6 is 0 Å². The minimum absolute atomic E-state index is 0.0121. The van der Waals surface area contributed by atoms with E-state index < -0.39 is 0 Å². The largest absolute Gasteiger partial charge is 0.458 e. The van der Waals surface area contributed by atoms with Crippen molar-refractivity contribution in [2.75, 3.05) is 0 Å². The number of nitroso groups, excluding NO2 is 1. The Morgan fingerprint density at radius 2 is 1.90 bits per heavy atom. The Morgan fingerprint density at radius 1 is 1.07 bits per heavy atom. The highest BCUT2D eigenvalue weighted by Crippen LogP contribution is 2.67.